The van der Waals surface area contributed by atoms with E-state index in [1.807, 2.05) is 55.5 Å². The number of hydrogen-bond acceptors (Lipinski definition) is 3. The number of rotatable bonds is 5. The molecule has 1 heterocycles. The molecule has 3 nitrogen and oxygen atoms in total. The molecule has 1 N–H and O–H groups in total. The minimum Gasteiger partial charge on any atom is -0.459 e. The van der Waals surface area contributed by atoms with E-state index in [1.54, 1.807) is 0 Å². The fourth-order valence-corrected chi connectivity index (χ4v) is 2.48. The van der Waals surface area contributed by atoms with E-state index >= 15 is 0 Å². The van der Waals surface area contributed by atoms with Crippen LogP contribution < -0.4 is 5.48 Å². The Morgan fingerprint density at radius 3 is 2.52 bits per heavy atom. The third kappa shape index (κ3) is 2.99. The van der Waals surface area contributed by atoms with Gasteiger partial charge in [0.15, 0.2) is 0 Å². The molecule has 0 saturated heterocycles. The van der Waals surface area contributed by atoms with Gasteiger partial charge in [-0.25, -0.2) is 0 Å². The van der Waals surface area contributed by atoms with E-state index in [0.29, 0.717) is 6.61 Å². The van der Waals surface area contributed by atoms with Crippen molar-refractivity contribution < 1.29 is 9.25 Å². The lowest BCUT2D eigenvalue weighted by Gasteiger charge is -2.12. The highest BCUT2D eigenvalue weighted by Gasteiger charge is 2.16. The van der Waals surface area contributed by atoms with Crippen LogP contribution in [-0.2, 0) is 11.4 Å². The number of nitrogens with one attached hydrogen (secondary N) is 1. The van der Waals surface area contributed by atoms with Crippen molar-refractivity contribution in [3.05, 3.63) is 71.5 Å². The van der Waals surface area contributed by atoms with Gasteiger partial charge in [-0.05, 0) is 25.5 Å². The predicted molar refractivity (Wildman–Crippen MR) is 83.7 cm³/mol. The van der Waals surface area contributed by atoms with Crippen LogP contribution in [0, 0.1) is 6.92 Å². The summed E-state index contributed by atoms with van der Waals surface area (Å²) in [6.45, 7) is 4.65. The molecule has 1 unspecified atom stereocenters. The second-order valence-corrected chi connectivity index (χ2v) is 5.20. The van der Waals surface area contributed by atoms with E-state index in [-0.39, 0.29) is 6.04 Å². The Kier molecular flexibility index (Phi) is 4.04. The van der Waals surface area contributed by atoms with Gasteiger partial charge in [-0.2, -0.15) is 5.48 Å². The first-order chi connectivity index (χ1) is 10.3. The molecule has 0 saturated carbocycles. The zero-order valence-electron chi connectivity index (χ0n) is 12.3. The first-order valence-corrected chi connectivity index (χ1v) is 7.15. The second kappa shape index (κ2) is 6.12. The minimum absolute atomic E-state index is 0.00103. The fourth-order valence-electron chi connectivity index (χ4n) is 2.48. The molecule has 2 aromatic carbocycles. The molecule has 0 aliphatic carbocycles. The van der Waals surface area contributed by atoms with E-state index in [2.05, 4.69) is 18.5 Å². The average molecular weight is 281 g/mol. The topological polar surface area (TPSA) is 34.4 Å². The number of aryl methyl sites for hydroxylation is 1. The molecule has 0 spiro atoms. The first kappa shape index (κ1) is 13.9. The smallest absolute Gasteiger partial charge is 0.134 e. The van der Waals surface area contributed by atoms with Crippen molar-refractivity contribution >= 4 is 11.0 Å². The maximum Gasteiger partial charge on any atom is 0.134 e. The summed E-state index contributed by atoms with van der Waals surface area (Å²) in [7, 11) is 0. The number of hydroxylamine groups is 1. The highest BCUT2D eigenvalue weighted by atomic mass is 16.6. The molecular formula is C18H19NO2. The normalized spacial score (nSPS) is 12.7. The van der Waals surface area contributed by atoms with Gasteiger partial charge in [0, 0.05) is 10.9 Å². The lowest BCUT2D eigenvalue weighted by molar-refractivity contribution is 0.00275. The fraction of sp³-hybridized carbons (Fsp3) is 0.222. The molecular weight excluding hydrogens is 262 g/mol. The molecule has 3 rings (SSSR count). The lowest BCUT2D eigenvalue weighted by atomic mass is 10.1. The van der Waals surface area contributed by atoms with Crippen molar-refractivity contribution in [1.82, 2.24) is 5.48 Å². The van der Waals surface area contributed by atoms with Gasteiger partial charge in [-0.3, -0.25) is 4.84 Å². The van der Waals surface area contributed by atoms with Crippen molar-refractivity contribution in [2.24, 2.45) is 0 Å². The summed E-state index contributed by atoms with van der Waals surface area (Å²) in [5, 5.41) is 1.16. The van der Waals surface area contributed by atoms with Crippen LogP contribution in [0.3, 0.4) is 0 Å². The van der Waals surface area contributed by atoms with Crippen LogP contribution in [0.1, 0.15) is 29.9 Å². The van der Waals surface area contributed by atoms with Crippen molar-refractivity contribution in [2.75, 3.05) is 0 Å². The second-order valence-electron chi connectivity index (χ2n) is 5.20. The summed E-state index contributed by atoms with van der Waals surface area (Å²) in [5.74, 6) is 0.921. The third-order valence-corrected chi connectivity index (χ3v) is 3.62. The summed E-state index contributed by atoms with van der Waals surface area (Å²) in [4.78, 5) is 5.58. The van der Waals surface area contributed by atoms with Crippen LogP contribution in [0.25, 0.3) is 11.0 Å². The van der Waals surface area contributed by atoms with Crippen LogP contribution in [-0.4, -0.2) is 0 Å². The van der Waals surface area contributed by atoms with E-state index in [9.17, 15) is 0 Å². The molecule has 0 amide bonds. The van der Waals surface area contributed by atoms with E-state index in [0.717, 1.165) is 27.9 Å². The molecule has 1 aromatic heterocycles. The van der Waals surface area contributed by atoms with Gasteiger partial charge in [0.25, 0.3) is 0 Å². The van der Waals surface area contributed by atoms with E-state index < -0.39 is 0 Å². The summed E-state index contributed by atoms with van der Waals surface area (Å²) in [6.07, 6.45) is 0. The molecule has 1 atom stereocenters. The Bertz CT molecular complexity index is 718. The summed E-state index contributed by atoms with van der Waals surface area (Å²) < 4.78 is 5.92. The van der Waals surface area contributed by atoms with E-state index in [4.69, 9.17) is 9.25 Å². The largest absolute Gasteiger partial charge is 0.459 e. The van der Waals surface area contributed by atoms with Crippen LogP contribution in [0.5, 0.6) is 0 Å². The number of para-hydroxylation sites is 1. The molecule has 0 fully saturated rings. The molecule has 0 aliphatic heterocycles. The Morgan fingerprint density at radius 1 is 1.05 bits per heavy atom. The number of fused-ring (bicyclic) bond motifs is 1. The molecule has 0 radical (unpaired) electrons. The van der Waals surface area contributed by atoms with Gasteiger partial charge in [0.2, 0.25) is 0 Å². The van der Waals surface area contributed by atoms with Crippen LogP contribution in [0.15, 0.2) is 59.0 Å². The van der Waals surface area contributed by atoms with Crippen molar-refractivity contribution in [3.8, 4) is 0 Å². The zero-order valence-corrected chi connectivity index (χ0v) is 12.3. The van der Waals surface area contributed by atoms with Gasteiger partial charge >= 0.3 is 0 Å². The summed E-state index contributed by atoms with van der Waals surface area (Å²) in [5.41, 5.74) is 6.27. The quantitative estimate of drug-likeness (QED) is 0.698. The third-order valence-electron chi connectivity index (χ3n) is 3.62. The Balaban J connectivity index is 1.67. The average Bonchev–Trinajstić information content (AvgIpc) is 2.86. The van der Waals surface area contributed by atoms with Crippen molar-refractivity contribution in [1.29, 1.82) is 0 Å². The van der Waals surface area contributed by atoms with E-state index in [1.165, 1.54) is 0 Å². The Morgan fingerprint density at radius 2 is 1.76 bits per heavy atom. The molecule has 21 heavy (non-hydrogen) atoms. The SMILES string of the molecule is Cc1c(C(C)NOCc2ccccc2)oc2ccccc12. The van der Waals surface area contributed by atoms with Gasteiger partial charge in [0.05, 0.1) is 12.6 Å². The van der Waals surface area contributed by atoms with Crippen molar-refractivity contribution in [3.63, 3.8) is 0 Å². The van der Waals surface area contributed by atoms with Crippen LogP contribution in [0.2, 0.25) is 0 Å². The molecule has 0 bridgehead atoms. The number of benzene rings is 2. The predicted octanol–water partition coefficient (Wildman–Crippen LogP) is 4.52. The summed E-state index contributed by atoms with van der Waals surface area (Å²) in [6, 6.07) is 18.2. The maximum absolute atomic E-state index is 5.92. The van der Waals surface area contributed by atoms with Gasteiger partial charge in [-0.1, -0.05) is 48.5 Å². The zero-order chi connectivity index (χ0) is 14.7. The van der Waals surface area contributed by atoms with Crippen LogP contribution in [0.4, 0.5) is 0 Å². The Labute approximate surface area is 124 Å². The van der Waals surface area contributed by atoms with Crippen LogP contribution >= 0.6 is 0 Å². The molecule has 3 aromatic rings. The standard InChI is InChI=1S/C18H19NO2/c1-13-16-10-6-7-11-17(16)21-18(13)14(2)19-20-12-15-8-4-3-5-9-15/h3-11,14,19H,12H2,1-2H3. The van der Waals surface area contributed by atoms with Gasteiger partial charge in [-0.15, -0.1) is 0 Å². The number of hydrogen-bond donors (Lipinski definition) is 1. The minimum atomic E-state index is 0.00103. The highest BCUT2D eigenvalue weighted by molar-refractivity contribution is 5.82. The first-order valence-electron chi connectivity index (χ1n) is 7.15. The Hall–Kier alpha value is -2.10. The molecule has 3 heteroatoms. The van der Waals surface area contributed by atoms with Gasteiger partial charge in [0.1, 0.15) is 11.3 Å². The van der Waals surface area contributed by atoms with Gasteiger partial charge < -0.3 is 4.42 Å². The lowest BCUT2D eigenvalue weighted by Crippen LogP contribution is -2.19. The number of furan rings is 1. The monoisotopic (exact) mass is 281 g/mol. The highest BCUT2D eigenvalue weighted by Crippen LogP contribution is 2.29. The molecule has 108 valence electrons. The maximum atomic E-state index is 5.92. The molecule has 0 aliphatic rings. The van der Waals surface area contributed by atoms with Crippen molar-refractivity contribution in [2.45, 2.75) is 26.5 Å². The summed E-state index contributed by atoms with van der Waals surface area (Å²) >= 11 is 0.